The zero-order chi connectivity index (χ0) is 28.1. The van der Waals surface area contributed by atoms with Crippen LogP contribution in [0.25, 0.3) is 11.1 Å². The largest absolute Gasteiger partial charge is 0.481 e. The van der Waals surface area contributed by atoms with E-state index in [1.54, 1.807) is 29.3 Å². The van der Waals surface area contributed by atoms with Crippen molar-refractivity contribution in [2.24, 2.45) is 11.8 Å². The Morgan fingerprint density at radius 1 is 1.00 bits per heavy atom. The number of likely N-dealkylation sites (N-methyl/N-ethyl adjacent to an activating group) is 2. The van der Waals surface area contributed by atoms with Crippen LogP contribution in [0, 0.1) is 18.8 Å². The summed E-state index contributed by atoms with van der Waals surface area (Å²) in [5.74, 6) is -0.470. The molecule has 0 aliphatic heterocycles. The number of nitrogens with one attached hydrogen (secondary N) is 2. The molecule has 1 aliphatic rings. The number of carbonyl (C=O) groups excluding carboxylic acids is 3. The third-order valence-corrected chi connectivity index (χ3v) is 7.03. The number of rotatable bonds is 9. The molecule has 4 rings (SSSR count). The van der Waals surface area contributed by atoms with Crippen LogP contribution in [-0.4, -0.2) is 78.8 Å². The van der Waals surface area contributed by atoms with Crippen molar-refractivity contribution in [3.63, 3.8) is 0 Å². The first-order valence-corrected chi connectivity index (χ1v) is 13.1. The lowest BCUT2D eigenvalue weighted by molar-refractivity contribution is -0.136. The summed E-state index contributed by atoms with van der Waals surface area (Å²) in [5, 5.41) is 5.61. The molecule has 0 spiro atoms. The minimum atomic E-state index is -0.561. The summed E-state index contributed by atoms with van der Waals surface area (Å²) in [6.45, 7) is 3.37. The van der Waals surface area contributed by atoms with Crippen molar-refractivity contribution in [1.29, 1.82) is 0 Å². The Labute approximate surface area is 227 Å². The highest BCUT2D eigenvalue weighted by atomic mass is 16.5. The summed E-state index contributed by atoms with van der Waals surface area (Å²) in [6, 6.07) is 6.78. The average Bonchev–Trinajstić information content (AvgIpc) is 3.30. The van der Waals surface area contributed by atoms with Crippen molar-refractivity contribution in [2.45, 2.75) is 32.6 Å². The first kappa shape index (κ1) is 28.0. The highest BCUT2D eigenvalue weighted by molar-refractivity contribution is 6.13. The number of fused-ring (bicyclic) bond motifs is 1. The van der Waals surface area contributed by atoms with Crippen molar-refractivity contribution < 1.29 is 23.5 Å². The number of amides is 3. The SMILES string of the molecule is COc1ccc2oc(C(=O)Nc3ccc(C)cn3)c(NC(=O)C3CCC(C(=O)N(C)CCN(C)C)CC3)c2n1. The van der Waals surface area contributed by atoms with E-state index < -0.39 is 5.91 Å². The standard InChI is InChI=1S/C28H36N6O5/c1-17-6-12-21(29-16-17)30-27(36)25-24(23-20(39-25)11-13-22(31-23)38-5)32-26(35)18-7-9-19(10-8-18)28(37)34(4)15-14-33(2)3/h6,11-13,16,18-19H,7-10,14-15H2,1-5H3,(H,32,35)(H,29,30,36). The Kier molecular flexibility index (Phi) is 8.80. The molecule has 3 heterocycles. The summed E-state index contributed by atoms with van der Waals surface area (Å²) in [5.41, 5.74) is 1.79. The topological polar surface area (TPSA) is 130 Å². The van der Waals surface area contributed by atoms with Crippen LogP contribution in [0.4, 0.5) is 11.5 Å². The van der Waals surface area contributed by atoms with E-state index >= 15 is 0 Å². The first-order chi connectivity index (χ1) is 18.7. The molecule has 3 aromatic heterocycles. The number of pyridine rings is 2. The summed E-state index contributed by atoms with van der Waals surface area (Å²) in [6.07, 6.45) is 4.06. The van der Waals surface area contributed by atoms with Crippen LogP contribution in [0.3, 0.4) is 0 Å². The van der Waals surface area contributed by atoms with E-state index in [-0.39, 0.29) is 35.1 Å². The van der Waals surface area contributed by atoms with E-state index in [2.05, 4.69) is 20.6 Å². The molecule has 208 valence electrons. The molecule has 0 saturated heterocycles. The van der Waals surface area contributed by atoms with Crippen LogP contribution >= 0.6 is 0 Å². The molecule has 1 fully saturated rings. The molecular weight excluding hydrogens is 500 g/mol. The predicted octanol–water partition coefficient (Wildman–Crippen LogP) is 3.56. The molecule has 3 amide bonds. The highest BCUT2D eigenvalue weighted by Gasteiger charge is 2.33. The minimum absolute atomic E-state index is 0.0761. The monoisotopic (exact) mass is 536 g/mol. The van der Waals surface area contributed by atoms with Gasteiger partial charge in [-0.3, -0.25) is 14.4 Å². The van der Waals surface area contributed by atoms with Gasteiger partial charge in [0, 0.05) is 44.2 Å². The van der Waals surface area contributed by atoms with Crippen LogP contribution < -0.4 is 15.4 Å². The lowest BCUT2D eigenvalue weighted by Crippen LogP contribution is -2.39. The molecule has 3 aromatic rings. The van der Waals surface area contributed by atoms with Gasteiger partial charge in [0.1, 0.15) is 17.0 Å². The van der Waals surface area contributed by atoms with Gasteiger partial charge in [-0.05, 0) is 64.4 Å². The first-order valence-electron chi connectivity index (χ1n) is 13.1. The quantitative estimate of drug-likeness (QED) is 0.425. The Morgan fingerprint density at radius 3 is 2.36 bits per heavy atom. The lowest BCUT2D eigenvalue weighted by atomic mass is 9.81. The molecule has 0 aromatic carbocycles. The molecular formula is C28H36N6O5. The van der Waals surface area contributed by atoms with Gasteiger partial charge in [0.15, 0.2) is 5.58 Å². The summed E-state index contributed by atoms with van der Waals surface area (Å²) in [7, 11) is 7.27. The predicted molar refractivity (Wildman–Crippen MR) is 148 cm³/mol. The van der Waals surface area contributed by atoms with Gasteiger partial charge in [0.2, 0.25) is 23.5 Å². The zero-order valence-corrected chi connectivity index (χ0v) is 23.1. The number of aromatic nitrogens is 2. The van der Waals surface area contributed by atoms with Gasteiger partial charge in [-0.25, -0.2) is 9.97 Å². The Hall–Kier alpha value is -3.99. The number of carbonyl (C=O) groups is 3. The van der Waals surface area contributed by atoms with Crippen molar-refractivity contribution in [3.05, 3.63) is 41.8 Å². The molecule has 2 N–H and O–H groups in total. The van der Waals surface area contributed by atoms with Crippen LogP contribution in [0.1, 0.15) is 41.8 Å². The Bertz CT molecular complexity index is 1330. The number of methoxy groups -OCH3 is 1. The smallest absolute Gasteiger partial charge is 0.294 e. The molecule has 0 atom stereocenters. The maximum atomic E-state index is 13.4. The fourth-order valence-corrected chi connectivity index (χ4v) is 4.66. The second-order valence-corrected chi connectivity index (χ2v) is 10.3. The fraction of sp³-hybridized carbons (Fsp3) is 0.464. The molecule has 0 unspecified atom stereocenters. The maximum absolute atomic E-state index is 13.4. The zero-order valence-electron chi connectivity index (χ0n) is 23.1. The van der Waals surface area contributed by atoms with E-state index in [1.807, 2.05) is 39.0 Å². The minimum Gasteiger partial charge on any atom is -0.481 e. The Balaban J connectivity index is 1.48. The summed E-state index contributed by atoms with van der Waals surface area (Å²) in [4.78, 5) is 51.9. The number of hydrogen-bond acceptors (Lipinski definition) is 8. The molecule has 0 radical (unpaired) electrons. The lowest BCUT2D eigenvalue weighted by Gasteiger charge is -2.30. The highest BCUT2D eigenvalue weighted by Crippen LogP contribution is 2.35. The maximum Gasteiger partial charge on any atom is 0.294 e. The second-order valence-electron chi connectivity index (χ2n) is 10.3. The van der Waals surface area contributed by atoms with Crippen LogP contribution in [0.5, 0.6) is 5.88 Å². The average molecular weight is 537 g/mol. The van der Waals surface area contributed by atoms with Crippen molar-refractivity contribution in [2.75, 3.05) is 52.0 Å². The third kappa shape index (κ3) is 6.72. The van der Waals surface area contributed by atoms with Gasteiger partial charge in [0.25, 0.3) is 5.91 Å². The number of hydrogen-bond donors (Lipinski definition) is 2. The van der Waals surface area contributed by atoms with Gasteiger partial charge in [-0.1, -0.05) is 6.07 Å². The summed E-state index contributed by atoms with van der Waals surface area (Å²) >= 11 is 0. The molecule has 1 saturated carbocycles. The molecule has 39 heavy (non-hydrogen) atoms. The molecule has 11 nitrogen and oxygen atoms in total. The Morgan fingerprint density at radius 2 is 1.72 bits per heavy atom. The number of furan rings is 1. The third-order valence-electron chi connectivity index (χ3n) is 7.03. The van der Waals surface area contributed by atoms with Crippen molar-refractivity contribution in [3.8, 4) is 5.88 Å². The van der Waals surface area contributed by atoms with Gasteiger partial charge in [0.05, 0.1) is 7.11 Å². The molecule has 11 heteroatoms. The van der Waals surface area contributed by atoms with Crippen molar-refractivity contribution in [1.82, 2.24) is 19.8 Å². The van der Waals surface area contributed by atoms with Crippen LogP contribution in [-0.2, 0) is 9.59 Å². The van der Waals surface area contributed by atoms with E-state index in [0.29, 0.717) is 55.0 Å². The van der Waals surface area contributed by atoms with E-state index in [4.69, 9.17) is 9.15 Å². The van der Waals surface area contributed by atoms with Crippen LogP contribution in [0.2, 0.25) is 0 Å². The number of aryl methyl sites for hydroxylation is 1. The number of nitrogens with zero attached hydrogens (tertiary/aromatic N) is 4. The van der Waals surface area contributed by atoms with Crippen molar-refractivity contribution >= 4 is 40.3 Å². The van der Waals surface area contributed by atoms with Gasteiger partial charge < -0.3 is 29.6 Å². The van der Waals surface area contributed by atoms with Gasteiger partial charge in [-0.15, -0.1) is 0 Å². The summed E-state index contributed by atoms with van der Waals surface area (Å²) < 4.78 is 11.1. The number of ether oxygens (including phenoxy) is 1. The van der Waals surface area contributed by atoms with E-state index in [0.717, 1.165) is 12.1 Å². The van der Waals surface area contributed by atoms with Gasteiger partial charge in [-0.2, -0.15) is 0 Å². The fourth-order valence-electron chi connectivity index (χ4n) is 4.66. The molecule has 1 aliphatic carbocycles. The van der Waals surface area contributed by atoms with E-state index in [1.165, 1.54) is 7.11 Å². The normalized spacial score (nSPS) is 17.2. The van der Waals surface area contributed by atoms with E-state index in [9.17, 15) is 14.4 Å². The van der Waals surface area contributed by atoms with Crippen LogP contribution in [0.15, 0.2) is 34.9 Å². The molecule has 0 bridgehead atoms. The second kappa shape index (κ2) is 12.2. The number of anilines is 2. The van der Waals surface area contributed by atoms with Gasteiger partial charge >= 0.3 is 0 Å².